The zero-order valence-electron chi connectivity index (χ0n) is 13.2. The van der Waals surface area contributed by atoms with E-state index < -0.39 is 0 Å². The predicted octanol–water partition coefficient (Wildman–Crippen LogP) is 2.16. The van der Waals surface area contributed by atoms with E-state index >= 15 is 0 Å². The van der Waals surface area contributed by atoms with Crippen molar-refractivity contribution >= 4 is 11.4 Å². The SMILES string of the molecule is CCCN(CCOCCOCCOC)c1cccc(N)c1. The van der Waals surface area contributed by atoms with E-state index in [1.807, 2.05) is 18.2 Å². The Kier molecular flexibility index (Phi) is 9.61. The largest absolute Gasteiger partial charge is 0.399 e. The van der Waals surface area contributed by atoms with Crippen LogP contribution in [0.1, 0.15) is 13.3 Å². The van der Waals surface area contributed by atoms with Crippen molar-refractivity contribution in [3.05, 3.63) is 24.3 Å². The molecule has 0 aliphatic carbocycles. The molecular formula is C16H28N2O3. The van der Waals surface area contributed by atoms with Gasteiger partial charge in [-0.25, -0.2) is 0 Å². The van der Waals surface area contributed by atoms with Crippen molar-refractivity contribution in [2.24, 2.45) is 0 Å². The molecule has 5 nitrogen and oxygen atoms in total. The lowest BCUT2D eigenvalue weighted by molar-refractivity contribution is 0.0264. The molecule has 0 heterocycles. The van der Waals surface area contributed by atoms with Crippen molar-refractivity contribution in [1.82, 2.24) is 0 Å². The normalized spacial score (nSPS) is 10.8. The van der Waals surface area contributed by atoms with Gasteiger partial charge in [0.25, 0.3) is 0 Å². The summed E-state index contributed by atoms with van der Waals surface area (Å²) in [6, 6.07) is 7.97. The number of hydrogen-bond acceptors (Lipinski definition) is 5. The minimum atomic E-state index is 0.607. The molecular weight excluding hydrogens is 268 g/mol. The number of methoxy groups -OCH3 is 1. The number of nitrogens with zero attached hydrogens (tertiary/aromatic N) is 1. The van der Waals surface area contributed by atoms with Crippen LogP contribution in [-0.4, -0.2) is 53.2 Å². The Morgan fingerprint density at radius 2 is 1.71 bits per heavy atom. The fraction of sp³-hybridized carbons (Fsp3) is 0.625. The first-order chi connectivity index (χ1) is 10.3. The summed E-state index contributed by atoms with van der Waals surface area (Å²) in [4.78, 5) is 2.29. The Balaban J connectivity index is 2.23. The molecule has 0 saturated heterocycles. The summed E-state index contributed by atoms with van der Waals surface area (Å²) in [6.07, 6.45) is 1.09. The molecule has 21 heavy (non-hydrogen) atoms. The lowest BCUT2D eigenvalue weighted by Crippen LogP contribution is -2.28. The van der Waals surface area contributed by atoms with Gasteiger partial charge in [0.2, 0.25) is 0 Å². The van der Waals surface area contributed by atoms with Crippen molar-refractivity contribution < 1.29 is 14.2 Å². The second-order valence-electron chi connectivity index (χ2n) is 4.80. The smallest absolute Gasteiger partial charge is 0.0701 e. The van der Waals surface area contributed by atoms with Crippen LogP contribution < -0.4 is 10.6 Å². The van der Waals surface area contributed by atoms with E-state index in [9.17, 15) is 0 Å². The van der Waals surface area contributed by atoms with E-state index in [1.54, 1.807) is 7.11 Å². The van der Waals surface area contributed by atoms with Gasteiger partial charge in [-0.1, -0.05) is 13.0 Å². The number of rotatable bonds is 12. The highest BCUT2D eigenvalue weighted by Gasteiger charge is 2.05. The van der Waals surface area contributed by atoms with Crippen LogP contribution in [0, 0.1) is 0 Å². The summed E-state index contributed by atoms with van der Waals surface area (Å²) in [5.41, 5.74) is 7.78. The monoisotopic (exact) mass is 296 g/mol. The molecule has 2 N–H and O–H groups in total. The van der Waals surface area contributed by atoms with Crippen LogP contribution in [0.5, 0.6) is 0 Å². The fourth-order valence-corrected chi connectivity index (χ4v) is 2.00. The summed E-state index contributed by atoms with van der Waals surface area (Å²) in [6.45, 7) is 7.17. The molecule has 0 aliphatic rings. The molecule has 1 rings (SSSR count). The first-order valence-electron chi connectivity index (χ1n) is 7.52. The van der Waals surface area contributed by atoms with E-state index in [0.29, 0.717) is 33.0 Å². The minimum Gasteiger partial charge on any atom is -0.399 e. The Hall–Kier alpha value is -1.30. The van der Waals surface area contributed by atoms with Gasteiger partial charge in [-0.05, 0) is 24.6 Å². The molecule has 0 amide bonds. The van der Waals surface area contributed by atoms with Gasteiger partial charge in [0, 0.05) is 31.6 Å². The molecule has 1 aromatic carbocycles. The van der Waals surface area contributed by atoms with E-state index in [4.69, 9.17) is 19.9 Å². The Morgan fingerprint density at radius 1 is 1.00 bits per heavy atom. The van der Waals surface area contributed by atoms with Gasteiger partial charge in [-0.15, -0.1) is 0 Å². The molecule has 5 heteroatoms. The van der Waals surface area contributed by atoms with E-state index in [0.717, 1.165) is 30.9 Å². The van der Waals surface area contributed by atoms with Gasteiger partial charge in [0.1, 0.15) is 0 Å². The molecule has 120 valence electrons. The Bertz CT molecular complexity index is 374. The van der Waals surface area contributed by atoms with Gasteiger partial charge in [-0.3, -0.25) is 0 Å². The van der Waals surface area contributed by atoms with Crippen molar-refractivity contribution in [3.63, 3.8) is 0 Å². The highest BCUT2D eigenvalue weighted by Crippen LogP contribution is 2.17. The van der Waals surface area contributed by atoms with E-state index in [-0.39, 0.29) is 0 Å². The molecule has 0 unspecified atom stereocenters. The van der Waals surface area contributed by atoms with Crippen molar-refractivity contribution in [1.29, 1.82) is 0 Å². The zero-order chi connectivity index (χ0) is 15.3. The highest BCUT2D eigenvalue weighted by atomic mass is 16.5. The maximum absolute atomic E-state index is 5.84. The van der Waals surface area contributed by atoms with Crippen LogP contribution in [0.2, 0.25) is 0 Å². The van der Waals surface area contributed by atoms with Crippen LogP contribution in [0.3, 0.4) is 0 Å². The number of nitrogens with two attached hydrogens (primary N) is 1. The molecule has 1 aromatic rings. The summed E-state index contributed by atoms with van der Waals surface area (Å²) in [5, 5.41) is 0. The summed E-state index contributed by atoms with van der Waals surface area (Å²) >= 11 is 0. The number of benzene rings is 1. The summed E-state index contributed by atoms with van der Waals surface area (Å²) < 4.78 is 15.9. The first kappa shape index (κ1) is 17.8. The third-order valence-electron chi connectivity index (χ3n) is 3.04. The van der Waals surface area contributed by atoms with Crippen LogP contribution in [-0.2, 0) is 14.2 Å². The minimum absolute atomic E-state index is 0.607. The molecule has 0 aromatic heterocycles. The maximum Gasteiger partial charge on any atom is 0.0701 e. The molecule has 0 saturated carbocycles. The molecule has 0 aliphatic heterocycles. The topological polar surface area (TPSA) is 57.0 Å². The second kappa shape index (κ2) is 11.4. The van der Waals surface area contributed by atoms with Gasteiger partial charge < -0.3 is 24.8 Å². The number of ether oxygens (including phenoxy) is 3. The van der Waals surface area contributed by atoms with E-state index in [1.165, 1.54) is 0 Å². The molecule has 0 bridgehead atoms. The third-order valence-corrected chi connectivity index (χ3v) is 3.04. The summed E-state index contributed by atoms with van der Waals surface area (Å²) in [5.74, 6) is 0. The average molecular weight is 296 g/mol. The Morgan fingerprint density at radius 3 is 2.38 bits per heavy atom. The van der Waals surface area contributed by atoms with Crippen LogP contribution in [0.25, 0.3) is 0 Å². The predicted molar refractivity (Wildman–Crippen MR) is 86.9 cm³/mol. The Labute approximate surface area is 128 Å². The van der Waals surface area contributed by atoms with Gasteiger partial charge in [0.05, 0.1) is 33.0 Å². The van der Waals surface area contributed by atoms with Gasteiger partial charge in [-0.2, -0.15) is 0 Å². The number of nitrogen functional groups attached to an aromatic ring is 1. The van der Waals surface area contributed by atoms with Crippen molar-refractivity contribution in [3.8, 4) is 0 Å². The summed E-state index contributed by atoms with van der Waals surface area (Å²) in [7, 11) is 1.67. The fourth-order valence-electron chi connectivity index (χ4n) is 2.00. The van der Waals surface area contributed by atoms with Gasteiger partial charge in [0.15, 0.2) is 0 Å². The lowest BCUT2D eigenvalue weighted by atomic mass is 10.2. The van der Waals surface area contributed by atoms with Gasteiger partial charge >= 0.3 is 0 Å². The van der Waals surface area contributed by atoms with E-state index in [2.05, 4.69) is 17.9 Å². The quantitative estimate of drug-likeness (QED) is 0.473. The van der Waals surface area contributed by atoms with Crippen molar-refractivity contribution in [2.45, 2.75) is 13.3 Å². The lowest BCUT2D eigenvalue weighted by Gasteiger charge is -2.24. The maximum atomic E-state index is 5.84. The number of anilines is 2. The zero-order valence-corrected chi connectivity index (χ0v) is 13.2. The average Bonchev–Trinajstić information content (AvgIpc) is 2.49. The molecule has 0 atom stereocenters. The second-order valence-corrected chi connectivity index (χ2v) is 4.80. The van der Waals surface area contributed by atoms with Crippen LogP contribution in [0.15, 0.2) is 24.3 Å². The first-order valence-corrected chi connectivity index (χ1v) is 7.52. The van der Waals surface area contributed by atoms with Crippen molar-refractivity contribution in [2.75, 3.05) is 63.9 Å². The standard InChI is InChI=1S/C16H28N2O3/c1-3-7-18(16-6-4-5-15(17)14-16)8-9-20-12-13-21-11-10-19-2/h4-6,14H,3,7-13,17H2,1-2H3. The third kappa shape index (κ3) is 7.90. The number of hydrogen-bond donors (Lipinski definition) is 1. The molecule has 0 spiro atoms. The molecule has 0 radical (unpaired) electrons. The highest BCUT2D eigenvalue weighted by molar-refractivity contribution is 5.55. The van der Waals surface area contributed by atoms with Crippen LogP contribution in [0.4, 0.5) is 11.4 Å². The van der Waals surface area contributed by atoms with Crippen LogP contribution >= 0.6 is 0 Å². The molecule has 0 fully saturated rings.